The van der Waals surface area contributed by atoms with Crippen molar-refractivity contribution < 1.29 is 14.6 Å². The van der Waals surface area contributed by atoms with Gasteiger partial charge in [0.15, 0.2) is 6.10 Å². The SMILES string of the molecule is COc1cccc([C@H](O)C(=O)Nc2cc(C)cc(CN(C)C)c2)c1. The molecule has 0 aliphatic rings. The number of carbonyl (C=O) groups excluding carboxylic acids is 1. The Kier molecular flexibility index (Phi) is 5.95. The van der Waals surface area contributed by atoms with Crippen LogP contribution in [0.1, 0.15) is 22.8 Å². The molecular formula is C19H24N2O3. The van der Waals surface area contributed by atoms with Crippen LogP contribution in [0.15, 0.2) is 42.5 Å². The summed E-state index contributed by atoms with van der Waals surface area (Å²) in [5.41, 5.74) is 3.33. The predicted octanol–water partition coefficient (Wildman–Crippen LogP) is 2.74. The van der Waals surface area contributed by atoms with Crippen LogP contribution in [-0.2, 0) is 11.3 Å². The van der Waals surface area contributed by atoms with E-state index in [0.717, 1.165) is 17.7 Å². The van der Waals surface area contributed by atoms with Crippen LogP contribution in [0.2, 0.25) is 0 Å². The zero-order valence-electron chi connectivity index (χ0n) is 14.5. The lowest BCUT2D eigenvalue weighted by Crippen LogP contribution is -2.21. The van der Waals surface area contributed by atoms with Gasteiger partial charge >= 0.3 is 0 Å². The average molecular weight is 328 g/mol. The minimum atomic E-state index is -1.25. The first-order valence-corrected chi connectivity index (χ1v) is 7.77. The molecule has 0 aromatic heterocycles. The van der Waals surface area contributed by atoms with Gasteiger partial charge in [0, 0.05) is 12.2 Å². The average Bonchev–Trinajstić information content (AvgIpc) is 2.52. The first-order chi connectivity index (χ1) is 11.4. The number of nitrogens with zero attached hydrogens (tertiary/aromatic N) is 1. The highest BCUT2D eigenvalue weighted by Crippen LogP contribution is 2.22. The van der Waals surface area contributed by atoms with Gasteiger partial charge in [0.2, 0.25) is 0 Å². The van der Waals surface area contributed by atoms with Crippen molar-refractivity contribution in [1.82, 2.24) is 4.90 Å². The summed E-state index contributed by atoms with van der Waals surface area (Å²) in [4.78, 5) is 14.4. The second-order valence-corrected chi connectivity index (χ2v) is 6.11. The van der Waals surface area contributed by atoms with E-state index in [0.29, 0.717) is 17.0 Å². The number of benzene rings is 2. The number of hydrogen-bond donors (Lipinski definition) is 2. The van der Waals surface area contributed by atoms with E-state index in [-0.39, 0.29) is 0 Å². The Morgan fingerprint density at radius 2 is 2.00 bits per heavy atom. The van der Waals surface area contributed by atoms with Gasteiger partial charge in [-0.05, 0) is 62.0 Å². The maximum absolute atomic E-state index is 12.3. The Bertz CT molecular complexity index is 714. The molecule has 1 amide bonds. The largest absolute Gasteiger partial charge is 0.497 e. The van der Waals surface area contributed by atoms with Crippen LogP contribution >= 0.6 is 0 Å². The van der Waals surface area contributed by atoms with Gasteiger partial charge in [-0.25, -0.2) is 0 Å². The number of methoxy groups -OCH3 is 1. The van der Waals surface area contributed by atoms with Crippen LogP contribution in [0.5, 0.6) is 5.75 Å². The number of rotatable bonds is 6. The van der Waals surface area contributed by atoms with Crippen LogP contribution < -0.4 is 10.1 Å². The van der Waals surface area contributed by atoms with E-state index in [2.05, 4.69) is 16.3 Å². The number of carbonyl (C=O) groups is 1. The number of ether oxygens (including phenoxy) is 1. The fourth-order valence-electron chi connectivity index (χ4n) is 2.56. The van der Waals surface area contributed by atoms with Gasteiger partial charge < -0.3 is 20.1 Å². The summed E-state index contributed by atoms with van der Waals surface area (Å²) in [7, 11) is 5.53. The molecular weight excluding hydrogens is 304 g/mol. The van der Waals surface area contributed by atoms with Crippen LogP contribution in [0, 0.1) is 6.92 Å². The Morgan fingerprint density at radius 1 is 1.25 bits per heavy atom. The number of amides is 1. The summed E-state index contributed by atoms with van der Waals surface area (Å²) < 4.78 is 5.12. The molecule has 0 spiro atoms. The molecule has 2 rings (SSSR count). The lowest BCUT2D eigenvalue weighted by molar-refractivity contribution is -0.124. The van der Waals surface area contributed by atoms with Crippen LogP contribution in [0.4, 0.5) is 5.69 Å². The van der Waals surface area contributed by atoms with Crippen molar-refractivity contribution in [2.75, 3.05) is 26.5 Å². The van der Waals surface area contributed by atoms with Crippen molar-refractivity contribution in [1.29, 1.82) is 0 Å². The van der Waals surface area contributed by atoms with E-state index in [1.165, 1.54) is 0 Å². The zero-order valence-corrected chi connectivity index (χ0v) is 14.5. The van der Waals surface area contributed by atoms with Gasteiger partial charge in [-0.15, -0.1) is 0 Å². The molecule has 1 atom stereocenters. The molecule has 5 heteroatoms. The molecule has 0 heterocycles. The highest BCUT2D eigenvalue weighted by Gasteiger charge is 2.18. The minimum absolute atomic E-state index is 0.468. The quantitative estimate of drug-likeness (QED) is 0.856. The third kappa shape index (κ3) is 4.81. The Morgan fingerprint density at radius 3 is 2.67 bits per heavy atom. The third-order valence-corrected chi connectivity index (χ3v) is 3.56. The highest BCUT2D eigenvalue weighted by atomic mass is 16.5. The molecule has 2 aromatic carbocycles. The van der Waals surface area contributed by atoms with E-state index in [1.54, 1.807) is 31.4 Å². The van der Waals surface area contributed by atoms with E-state index >= 15 is 0 Å². The normalized spacial score (nSPS) is 12.1. The summed E-state index contributed by atoms with van der Waals surface area (Å²) in [6, 6.07) is 12.7. The molecule has 0 saturated carbocycles. The number of aryl methyl sites for hydroxylation is 1. The van der Waals surface area contributed by atoms with Gasteiger partial charge in [-0.2, -0.15) is 0 Å². The molecule has 0 radical (unpaired) electrons. The molecule has 0 unspecified atom stereocenters. The monoisotopic (exact) mass is 328 g/mol. The molecule has 0 saturated heterocycles. The topological polar surface area (TPSA) is 61.8 Å². The first-order valence-electron chi connectivity index (χ1n) is 7.77. The number of anilines is 1. The molecule has 2 N–H and O–H groups in total. The summed E-state index contributed by atoms with van der Waals surface area (Å²) >= 11 is 0. The Balaban J connectivity index is 2.14. The van der Waals surface area contributed by atoms with E-state index in [9.17, 15) is 9.90 Å². The molecule has 5 nitrogen and oxygen atoms in total. The van der Waals surface area contributed by atoms with Gasteiger partial charge in [0.05, 0.1) is 7.11 Å². The van der Waals surface area contributed by atoms with Gasteiger partial charge in [0.1, 0.15) is 5.75 Å². The number of nitrogens with one attached hydrogen (secondary N) is 1. The summed E-state index contributed by atoms with van der Waals surface area (Å²) in [5, 5.41) is 13.1. The number of aliphatic hydroxyl groups excluding tert-OH is 1. The van der Waals surface area contributed by atoms with Gasteiger partial charge in [-0.3, -0.25) is 4.79 Å². The summed E-state index contributed by atoms with van der Waals surface area (Å²) in [6.45, 7) is 2.76. The molecule has 24 heavy (non-hydrogen) atoms. The van der Waals surface area contributed by atoms with Crippen LogP contribution in [0.25, 0.3) is 0 Å². The maximum atomic E-state index is 12.3. The zero-order chi connectivity index (χ0) is 17.7. The fourth-order valence-corrected chi connectivity index (χ4v) is 2.56. The fraction of sp³-hybridized carbons (Fsp3) is 0.316. The molecule has 0 fully saturated rings. The van der Waals surface area contributed by atoms with Crippen LogP contribution in [0.3, 0.4) is 0 Å². The lowest BCUT2D eigenvalue weighted by atomic mass is 10.1. The van der Waals surface area contributed by atoms with Crippen molar-refractivity contribution >= 4 is 11.6 Å². The van der Waals surface area contributed by atoms with Crippen molar-refractivity contribution in [2.45, 2.75) is 19.6 Å². The highest BCUT2D eigenvalue weighted by molar-refractivity contribution is 5.94. The summed E-state index contributed by atoms with van der Waals surface area (Å²) in [5.74, 6) is 0.132. The molecule has 128 valence electrons. The van der Waals surface area contributed by atoms with Gasteiger partial charge in [-0.1, -0.05) is 18.2 Å². The van der Waals surface area contributed by atoms with E-state index in [1.807, 2.05) is 33.2 Å². The molecule has 0 bridgehead atoms. The van der Waals surface area contributed by atoms with Crippen molar-refractivity contribution in [3.05, 3.63) is 59.2 Å². The number of aliphatic hydroxyl groups is 1. The molecule has 0 aliphatic heterocycles. The van der Waals surface area contributed by atoms with Gasteiger partial charge in [0.25, 0.3) is 5.91 Å². The lowest BCUT2D eigenvalue weighted by Gasteiger charge is -2.15. The second kappa shape index (κ2) is 7.95. The van der Waals surface area contributed by atoms with Crippen molar-refractivity contribution in [3.63, 3.8) is 0 Å². The van der Waals surface area contributed by atoms with E-state index < -0.39 is 12.0 Å². The third-order valence-electron chi connectivity index (χ3n) is 3.56. The first kappa shape index (κ1) is 18.0. The maximum Gasteiger partial charge on any atom is 0.257 e. The van der Waals surface area contributed by atoms with Crippen LogP contribution in [-0.4, -0.2) is 37.1 Å². The molecule has 2 aromatic rings. The Labute approximate surface area is 142 Å². The van der Waals surface area contributed by atoms with E-state index in [4.69, 9.17) is 4.74 Å². The predicted molar refractivity (Wildman–Crippen MR) is 95.2 cm³/mol. The van der Waals surface area contributed by atoms with Crippen molar-refractivity contribution in [2.24, 2.45) is 0 Å². The standard InChI is InChI=1S/C19H24N2O3/c1-13-8-14(12-21(2)3)10-16(9-13)20-19(23)18(22)15-6-5-7-17(11-15)24-4/h5-11,18,22H,12H2,1-4H3,(H,20,23)/t18-/m0/s1. The summed E-state index contributed by atoms with van der Waals surface area (Å²) in [6.07, 6.45) is -1.25. The smallest absolute Gasteiger partial charge is 0.257 e. The second-order valence-electron chi connectivity index (χ2n) is 6.11. The van der Waals surface area contributed by atoms with Crippen molar-refractivity contribution in [3.8, 4) is 5.75 Å². The molecule has 0 aliphatic carbocycles. The minimum Gasteiger partial charge on any atom is -0.497 e. The number of hydrogen-bond acceptors (Lipinski definition) is 4. The Hall–Kier alpha value is -2.37.